The van der Waals surface area contributed by atoms with Crippen molar-refractivity contribution in [3.63, 3.8) is 0 Å². The van der Waals surface area contributed by atoms with E-state index in [-0.39, 0.29) is 0 Å². The highest BCUT2D eigenvalue weighted by atomic mass is 16.3. The van der Waals surface area contributed by atoms with Gasteiger partial charge < -0.3 is 9.73 Å². The fraction of sp³-hybridized carbons (Fsp3) is 0.500. The molecule has 1 N–H and O–H groups in total. The molecular weight excluding hydrogens is 250 g/mol. The smallest absolute Gasteiger partial charge is 0.196 e. The fourth-order valence-corrected chi connectivity index (χ4v) is 3.09. The Morgan fingerprint density at radius 3 is 2.90 bits per heavy atom. The summed E-state index contributed by atoms with van der Waals surface area (Å²) in [4.78, 5) is 9.64. The van der Waals surface area contributed by atoms with Gasteiger partial charge in [-0.2, -0.15) is 0 Å². The van der Waals surface area contributed by atoms with Crippen LogP contribution >= 0.6 is 0 Å². The zero-order valence-corrected chi connectivity index (χ0v) is 11.8. The summed E-state index contributed by atoms with van der Waals surface area (Å²) >= 11 is 0. The monoisotopic (exact) mass is 269 g/mol. The number of hydrogen-bond donors (Lipinski definition) is 1. The van der Waals surface area contributed by atoms with Crippen molar-refractivity contribution >= 4 is 0 Å². The maximum atomic E-state index is 5.59. The second-order valence-electron chi connectivity index (χ2n) is 5.85. The average molecular weight is 269 g/mol. The highest BCUT2D eigenvalue weighted by Crippen LogP contribution is 2.39. The lowest BCUT2D eigenvalue weighted by atomic mass is 9.80. The molecular formula is C16H19N3O. The summed E-state index contributed by atoms with van der Waals surface area (Å²) in [5.41, 5.74) is 4.93. The molecule has 20 heavy (non-hydrogen) atoms. The number of aromatic nitrogens is 2. The van der Waals surface area contributed by atoms with Gasteiger partial charge in [-0.25, -0.2) is 9.97 Å². The van der Waals surface area contributed by atoms with E-state index in [1.54, 1.807) is 6.26 Å². The number of hydrogen-bond acceptors (Lipinski definition) is 4. The first-order valence-electron chi connectivity index (χ1n) is 7.48. The highest BCUT2D eigenvalue weighted by Gasteiger charge is 2.28. The topological polar surface area (TPSA) is 51.0 Å². The van der Waals surface area contributed by atoms with Crippen molar-refractivity contribution in [3.8, 4) is 11.6 Å². The van der Waals surface area contributed by atoms with Gasteiger partial charge in [0.15, 0.2) is 11.6 Å². The maximum absolute atomic E-state index is 5.59. The van der Waals surface area contributed by atoms with Gasteiger partial charge in [-0.1, -0.05) is 6.42 Å². The lowest BCUT2D eigenvalue weighted by Crippen LogP contribution is -2.28. The number of nitrogens with zero attached hydrogens (tertiary/aromatic N) is 2. The predicted molar refractivity (Wildman–Crippen MR) is 76.5 cm³/mol. The van der Waals surface area contributed by atoms with Crippen molar-refractivity contribution in [2.75, 3.05) is 6.54 Å². The molecule has 0 spiro atoms. The summed E-state index contributed by atoms with van der Waals surface area (Å²) in [7, 11) is 0. The Balaban J connectivity index is 1.86. The average Bonchev–Trinajstić information content (AvgIpc) is 2.83. The van der Waals surface area contributed by atoms with E-state index in [9.17, 15) is 0 Å². The Morgan fingerprint density at radius 1 is 1.30 bits per heavy atom. The molecule has 0 saturated heterocycles. The molecule has 1 aliphatic heterocycles. The lowest BCUT2D eigenvalue weighted by Gasteiger charge is -2.29. The summed E-state index contributed by atoms with van der Waals surface area (Å²) in [5, 5.41) is 3.45. The first kappa shape index (κ1) is 12.1. The quantitative estimate of drug-likeness (QED) is 0.910. The zero-order valence-electron chi connectivity index (χ0n) is 11.8. The summed E-state index contributed by atoms with van der Waals surface area (Å²) in [6, 6.07) is 1.97. The summed E-state index contributed by atoms with van der Waals surface area (Å²) in [6.45, 7) is 3.97. The van der Waals surface area contributed by atoms with Crippen LogP contribution in [0, 0.1) is 6.92 Å². The van der Waals surface area contributed by atoms with Crippen LogP contribution in [0.1, 0.15) is 47.7 Å². The molecule has 4 rings (SSSR count). The third-order valence-corrected chi connectivity index (χ3v) is 4.52. The van der Waals surface area contributed by atoms with E-state index in [0.29, 0.717) is 5.92 Å². The predicted octanol–water partition coefficient (Wildman–Crippen LogP) is 2.96. The minimum absolute atomic E-state index is 0.626. The van der Waals surface area contributed by atoms with Crippen molar-refractivity contribution in [2.24, 2.45) is 0 Å². The van der Waals surface area contributed by atoms with Gasteiger partial charge in [0.2, 0.25) is 0 Å². The summed E-state index contributed by atoms with van der Waals surface area (Å²) < 4.78 is 5.59. The lowest BCUT2D eigenvalue weighted by molar-refractivity contribution is 0.404. The molecule has 4 nitrogen and oxygen atoms in total. The number of aryl methyl sites for hydroxylation is 1. The van der Waals surface area contributed by atoms with Crippen molar-refractivity contribution in [2.45, 2.75) is 45.1 Å². The van der Waals surface area contributed by atoms with Crippen LogP contribution in [0.25, 0.3) is 11.6 Å². The van der Waals surface area contributed by atoms with Gasteiger partial charge in [-0.05, 0) is 31.4 Å². The number of rotatable bonds is 2. The molecule has 0 atom stereocenters. The molecule has 2 aliphatic rings. The summed E-state index contributed by atoms with van der Waals surface area (Å²) in [6.07, 6.45) is 6.56. The minimum atomic E-state index is 0.626. The molecule has 1 fully saturated rings. The van der Waals surface area contributed by atoms with Gasteiger partial charge in [0.25, 0.3) is 0 Å². The number of fused-ring (bicyclic) bond motifs is 1. The van der Waals surface area contributed by atoms with E-state index in [0.717, 1.165) is 36.7 Å². The van der Waals surface area contributed by atoms with Crippen LogP contribution in [0.2, 0.25) is 0 Å². The summed E-state index contributed by atoms with van der Waals surface area (Å²) in [5.74, 6) is 2.22. The molecule has 1 aliphatic carbocycles. The number of nitrogens with one attached hydrogen (secondary N) is 1. The van der Waals surface area contributed by atoms with Crippen molar-refractivity contribution in [3.05, 3.63) is 34.8 Å². The van der Waals surface area contributed by atoms with Crippen LogP contribution in [0.3, 0.4) is 0 Å². The molecule has 4 heteroatoms. The van der Waals surface area contributed by atoms with Crippen LogP contribution in [0.4, 0.5) is 0 Å². The second-order valence-corrected chi connectivity index (χ2v) is 5.85. The van der Waals surface area contributed by atoms with Crippen molar-refractivity contribution < 1.29 is 4.42 Å². The zero-order chi connectivity index (χ0) is 13.5. The Hall–Kier alpha value is -1.68. The molecule has 3 heterocycles. The van der Waals surface area contributed by atoms with Gasteiger partial charge in [0.05, 0.1) is 17.7 Å². The normalized spacial score (nSPS) is 18.6. The van der Waals surface area contributed by atoms with Gasteiger partial charge in [0, 0.05) is 31.0 Å². The largest absolute Gasteiger partial charge is 0.461 e. The van der Waals surface area contributed by atoms with Crippen LogP contribution in [0.5, 0.6) is 0 Å². The van der Waals surface area contributed by atoms with Crippen LogP contribution in [-0.4, -0.2) is 16.5 Å². The molecule has 0 unspecified atom stereocenters. The first-order valence-corrected chi connectivity index (χ1v) is 7.48. The van der Waals surface area contributed by atoms with E-state index in [1.807, 2.05) is 13.0 Å². The van der Waals surface area contributed by atoms with E-state index >= 15 is 0 Å². The van der Waals surface area contributed by atoms with Crippen LogP contribution in [-0.2, 0) is 13.0 Å². The molecule has 0 aromatic carbocycles. The van der Waals surface area contributed by atoms with Crippen LogP contribution < -0.4 is 5.32 Å². The highest BCUT2D eigenvalue weighted by molar-refractivity contribution is 5.54. The third-order valence-electron chi connectivity index (χ3n) is 4.52. The van der Waals surface area contributed by atoms with E-state index in [1.165, 1.54) is 36.2 Å². The SMILES string of the molecule is Cc1ccoc1-c1nc2c(c(C3CCC3)n1)CNCC2. The van der Waals surface area contributed by atoms with Gasteiger partial charge in [0.1, 0.15) is 0 Å². The molecule has 2 aromatic rings. The fourth-order valence-electron chi connectivity index (χ4n) is 3.09. The van der Waals surface area contributed by atoms with Gasteiger partial charge in [-0.15, -0.1) is 0 Å². The van der Waals surface area contributed by atoms with E-state index < -0.39 is 0 Å². The number of furan rings is 1. The standard InChI is InChI=1S/C16H19N3O/c1-10-6-8-20-15(10)16-18-13-5-7-17-9-12(13)14(19-16)11-3-2-4-11/h6,8,11,17H,2-5,7,9H2,1H3. The minimum Gasteiger partial charge on any atom is -0.461 e. The molecule has 2 aromatic heterocycles. The van der Waals surface area contributed by atoms with Crippen molar-refractivity contribution in [1.82, 2.24) is 15.3 Å². The Morgan fingerprint density at radius 2 is 2.20 bits per heavy atom. The maximum Gasteiger partial charge on any atom is 0.196 e. The van der Waals surface area contributed by atoms with E-state index in [4.69, 9.17) is 14.4 Å². The van der Waals surface area contributed by atoms with Gasteiger partial charge >= 0.3 is 0 Å². The van der Waals surface area contributed by atoms with Crippen molar-refractivity contribution in [1.29, 1.82) is 0 Å². The van der Waals surface area contributed by atoms with E-state index in [2.05, 4.69) is 5.32 Å². The first-order chi connectivity index (χ1) is 9.83. The molecule has 0 radical (unpaired) electrons. The molecule has 0 amide bonds. The Labute approximate surface area is 118 Å². The molecule has 0 bridgehead atoms. The molecule has 1 saturated carbocycles. The Kier molecular flexibility index (Phi) is 2.84. The van der Waals surface area contributed by atoms with Crippen LogP contribution in [0.15, 0.2) is 16.7 Å². The Bertz CT molecular complexity index is 643. The van der Waals surface area contributed by atoms with Gasteiger partial charge in [-0.3, -0.25) is 0 Å². The molecule has 104 valence electrons. The second kappa shape index (κ2) is 4.70. The third kappa shape index (κ3) is 1.86.